The van der Waals surface area contributed by atoms with E-state index >= 15 is 0 Å². The van der Waals surface area contributed by atoms with E-state index in [-0.39, 0.29) is 11.8 Å². The summed E-state index contributed by atoms with van der Waals surface area (Å²) in [6.07, 6.45) is 4.46. The van der Waals surface area contributed by atoms with E-state index < -0.39 is 5.97 Å². The Bertz CT molecular complexity index is 652. The smallest absolute Gasteiger partial charge is 0.304 e. The van der Waals surface area contributed by atoms with Crippen LogP contribution in [-0.2, 0) is 10.2 Å². The highest BCUT2D eigenvalue weighted by Crippen LogP contribution is 2.40. The van der Waals surface area contributed by atoms with E-state index in [1.165, 1.54) is 18.5 Å². The topological polar surface area (TPSA) is 55.1 Å². The van der Waals surface area contributed by atoms with Crippen molar-refractivity contribution in [2.75, 3.05) is 0 Å². The van der Waals surface area contributed by atoms with E-state index in [1.54, 1.807) is 0 Å². The molecule has 0 radical (unpaired) electrons. The van der Waals surface area contributed by atoms with Gasteiger partial charge in [0.05, 0.1) is 12.1 Å². The monoisotopic (exact) mass is 284 g/mol. The molecule has 0 amide bonds. The summed E-state index contributed by atoms with van der Waals surface area (Å²) >= 11 is 0. The molecule has 1 aromatic carbocycles. The summed E-state index contributed by atoms with van der Waals surface area (Å²) in [4.78, 5) is 11.0. The number of hydrogen-bond acceptors (Lipinski definition) is 2. The molecule has 1 fully saturated rings. The number of carboxylic acid groups (broad SMARTS) is 1. The molecule has 1 aliphatic carbocycles. The maximum atomic E-state index is 11.0. The molecule has 0 unspecified atom stereocenters. The SMILES string of the molecule is CC(C)(CC(=O)O)c1ccc(-n2nccc2C2CC2)cc1. The summed E-state index contributed by atoms with van der Waals surface area (Å²) in [5, 5.41) is 13.4. The van der Waals surface area contributed by atoms with Gasteiger partial charge in [-0.15, -0.1) is 0 Å². The lowest BCUT2D eigenvalue weighted by molar-refractivity contribution is -0.138. The van der Waals surface area contributed by atoms with E-state index in [2.05, 4.69) is 11.2 Å². The maximum Gasteiger partial charge on any atom is 0.304 e. The van der Waals surface area contributed by atoms with Gasteiger partial charge in [0.2, 0.25) is 0 Å². The molecular weight excluding hydrogens is 264 g/mol. The number of aromatic nitrogens is 2. The fraction of sp³-hybridized carbons (Fsp3) is 0.412. The fourth-order valence-electron chi connectivity index (χ4n) is 2.75. The van der Waals surface area contributed by atoms with Gasteiger partial charge in [0.1, 0.15) is 0 Å². The molecule has 1 saturated carbocycles. The van der Waals surface area contributed by atoms with Crippen LogP contribution in [0.1, 0.15) is 50.3 Å². The van der Waals surface area contributed by atoms with Crippen molar-refractivity contribution < 1.29 is 9.90 Å². The predicted octanol–water partition coefficient (Wildman–Crippen LogP) is 3.50. The second-order valence-corrected chi connectivity index (χ2v) is 6.44. The minimum atomic E-state index is -0.771. The first-order chi connectivity index (χ1) is 9.97. The third kappa shape index (κ3) is 2.84. The molecule has 4 nitrogen and oxygen atoms in total. The molecular formula is C17H20N2O2. The third-order valence-corrected chi connectivity index (χ3v) is 4.15. The molecule has 3 rings (SSSR count). The summed E-state index contributed by atoms with van der Waals surface area (Å²) in [6.45, 7) is 3.92. The first-order valence-electron chi connectivity index (χ1n) is 7.34. The normalized spacial score (nSPS) is 15.1. The molecule has 0 saturated heterocycles. The maximum absolute atomic E-state index is 11.0. The molecule has 21 heavy (non-hydrogen) atoms. The van der Waals surface area contributed by atoms with Gasteiger partial charge in [0, 0.05) is 23.2 Å². The molecule has 0 aliphatic heterocycles. The Balaban J connectivity index is 1.87. The molecule has 1 N–H and O–H groups in total. The van der Waals surface area contributed by atoms with E-state index in [9.17, 15) is 4.79 Å². The minimum Gasteiger partial charge on any atom is -0.481 e. The van der Waals surface area contributed by atoms with E-state index in [1.807, 2.05) is 49.0 Å². The summed E-state index contributed by atoms with van der Waals surface area (Å²) in [5.74, 6) is -0.122. The van der Waals surface area contributed by atoms with Gasteiger partial charge in [0.15, 0.2) is 0 Å². The average molecular weight is 284 g/mol. The molecule has 0 spiro atoms. The molecule has 1 aromatic heterocycles. The highest BCUT2D eigenvalue weighted by Gasteiger charge is 2.28. The van der Waals surface area contributed by atoms with E-state index in [0.717, 1.165) is 11.3 Å². The van der Waals surface area contributed by atoms with Crippen molar-refractivity contribution in [2.45, 2.75) is 44.4 Å². The van der Waals surface area contributed by atoms with Gasteiger partial charge in [-0.1, -0.05) is 26.0 Å². The highest BCUT2D eigenvalue weighted by atomic mass is 16.4. The van der Waals surface area contributed by atoms with Crippen LogP contribution in [0.4, 0.5) is 0 Å². The number of hydrogen-bond donors (Lipinski definition) is 1. The average Bonchev–Trinajstić information content (AvgIpc) is 3.15. The lowest BCUT2D eigenvalue weighted by atomic mass is 9.81. The van der Waals surface area contributed by atoms with Crippen molar-refractivity contribution in [3.8, 4) is 5.69 Å². The first-order valence-corrected chi connectivity index (χ1v) is 7.34. The number of aliphatic carboxylic acids is 1. The lowest BCUT2D eigenvalue weighted by Gasteiger charge is -2.23. The van der Waals surface area contributed by atoms with Crippen LogP contribution in [0.5, 0.6) is 0 Å². The molecule has 2 aromatic rings. The van der Waals surface area contributed by atoms with Crippen molar-refractivity contribution in [1.82, 2.24) is 9.78 Å². The van der Waals surface area contributed by atoms with Crippen LogP contribution in [0.3, 0.4) is 0 Å². The number of nitrogens with zero attached hydrogens (tertiary/aromatic N) is 2. The minimum absolute atomic E-state index is 0.126. The van der Waals surface area contributed by atoms with Crippen molar-refractivity contribution in [2.24, 2.45) is 0 Å². The summed E-state index contributed by atoms with van der Waals surface area (Å²) in [7, 11) is 0. The second-order valence-electron chi connectivity index (χ2n) is 6.44. The summed E-state index contributed by atoms with van der Waals surface area (Å²) in [5.41, 5.74) is 2.98. The van der Waals surface area contributed by atoms with E-state index in [4.69, 9.17) is 5.11 Å². The summed E-state index contributed by atoms with van der Waals surface area (Å²) in [6, 6.07) is 10.2. The summed E-state index contributed by atoms with van der Waals surface area (Å²) < 4.78 is 1.99. The zero-order chi connectivity index (χ0) is 15.0. The standard InChI is InChI=1S/C17H20N2O2/c1-17(2,11-16(20)21)13-5-7-14(8-6-13)19-15(9-10-18-19)12-3-4-12/h5-10,12H,3-4,11H2,1-2H3,(H,20,21). The highest BCUT2D eigenvalue weighted by molar-refractivity contribution is 5.69. The van der Waals surface area contributed by atoms with Gasteiger partial charge < -0.3 is 5.11 Å². The zero-order valence-electron chi connectivity index (χ0n) is 12.4. The van der Waals surface area contributed by atoms with Gasteiger partial charge in [-0.05, 0) is 36.6 Å². The Morgan fingerprint density at radius 1 is 1.29 bits per heavy atom. The van der Waals surface area contributed by atoms with Gasteiger partial charge in [-0.2, -0.15) is 5.10 Å². The Labute approximate surface area is 124 Å². The van der Waals surface area contributed by atoms with Crippen molar-refractivity contribution in [1.29, 1.82) is 0 Å². The Kier molecular flexibility index (Phi) is 3.32. The predicted molar refractivity (Wildman–Crippen MR) is 80.8 cm³/mol. The lowest BCUT2D eigenvalue weighted by Crippen LogP contribution is -2.21. The molecule has 0 atom stereocenters. The Hall–Kier alpha value is -2.10. The number of carboxylic acids is 1. The van der Waals surface area contributed by atoms with Gasteiger partial charge in [-0.25, -0.2) is 4.68 Å². The van der Waals surface area contributed by atoms with Crippen LogP contribution < -0.4 is 0 Å². The Morgan fingerprint density at radius 2 is 1.95 bits per heavy atom. The van der Waals surface area contributed by atoms with Gasteiger partial charge in [-0.3, -0.25) is 4.79 Å². The molecule has 4 heteroatoms. The largest absolute Gasteiger partial charge is 0.481 e. The number of rotatable bonds is 5. The van der Waals surface area contributed by atoms with Crippen LogP contribution in [0.25, 0.3) is 5.69 Å². The van der Waals surface area contributed by atoms with Crippen LogP contribution >= 0.6 is 0 Å². The quantitative estimate of drug-likeness (QED) is 0.914. The molecule has 110 valence electrons. The molecule has 1 heterocycles. The van der Waals surface area contributed by atoms with Crippen LogP contribution in [0, 0.1) is 0 Å². The Morgan fingerprint density at radius 3 is 2.52 bits per heavy atom. The molecule has 0 bridgehead atoms. The van der Waals surface area contributed by atoms with Gasteiger partial charge in [0.25, 0.3) is 0 Å². The number of benzene rings is 1. The second kappa shape index (κ2) is 5.02. The van der Waals surface area contributed by atoms with Crippen LogP contribution in [-0.4, -0.2) is 20.9 Å². The molecule has 1 aliphatic rings. The fourth-order valence-corrected chi connectivity index (χ4v) is 2.75. The van der Waals surface area contributed by atoms with Crippen molar-refractivity contribution in [3.05, 3.63) is 47.8 Å². The first kappa shape index (κ1) is 13.9. The van der Waals surface area contributed by atoms with Crippen molar-refractivity contribution >= 4 is 5.97 Å². The van der Waals surface area contributed by atoms with Crippen LogP contribution in [0.2, 0.25) is 0 Å². The van der Waals surface area contributed by atoms with Gasteiger partial charge >= 0.3 is 5.97 Å². The van der Waals surface area contributed by atoms with E-state index in [0.29, 0.717) is 5.92 Å². The van der Waals surface area contributed by atoms with Crippen molar-refractivity contribution in [3.63, 3.8) is 0 Å². The number of carbonyl (C=O) groups is 1. The third-order valence-electron chi connectivity index (χ3n) is 4.15. The zero-order valence-corrected chi connectivity index (χ0v) is 12.4. The van der Waals surface area contributed by atoms with Crippen LogP contribution in [0.15, 0.2) is 36.5 Å².